The van der Waals surface area contributed by atoms with Crippen molar-refractivity contribution in [2.45, 2.75) is 26.4 Å². The topological polar surface area (TPSA) is 46.9 Å². The van der Waals surface area contributed by atoms with Gasteiger partial charge in [-0.25, -0.2) is 4.98 Å². The Bertz CT molecular complexity index is 592. The fourth-order valence-corrected chi connectivity index (χ4v) is 1.90. The Morgan fingerprint density at radius 3 is 2.74 bits per heavy atom. The number of aromatic nitrogens is 2. The van der Waals surface area contributed by atoms with E-state index in [-0.39, 0.29) is 5.56 Å². The molecule has 0 fully saturated rings. The Morgan fingerprint density at radius 2 is 2.05 bits per heavy atom. The van der Waals surface area contributed by atoms with E-state index in [4.69, 9.17) is 11.6 Å². The van der Waals surface area contributed by atoms with Gasteiger partial charge in [0, 0.05) is 30.5 Å². The predicted octanol–water partition coefficient (Wildman–Crippen LogP) is 2.92. The van der Waals surface area contributed by atoms with E-state index >= 15 is 0 Å². The third kappa shape index (κ3) is 3.58. The molecule has 1 heterocycles. The second-order valence-corrected chi connectivity index (χ2v) is 4.69. The zero-order valence-corrected chi connectivity index (χ0v) is 11.5. The molecular formula is C14H16ClN3O. The van der Waals surface area contributed by atoms with E-state index in [1.807, 2.05) is 31.2 Å². The molecule has 0 bridgehead atoms. The van der Waals surface area contributed by atoms with Crippen LogP contribution in [0.15, 0.2) is 41.5 Å². The van der Waals surface area contributed by atoms with Crippen molar-refractivity contribution in [2.75, 3.05) is 5.32 Å². The van der Waals surface area contributed by atoms with Gasteiger partial charge < -0.3 is 9.88 Å². The second-order valence-electron chi connectivity index (χ2n) is 4.25. The van der Waals surface area contributed by atoms with Crippen LogP contribution >= 0.6 is 11.6 Å². The summed E-state index contributed by atoms with van der Waals surface area (Å²) in [5, 5.41) is 3.76. The van der Waals surface area contributed by atoms with Crippen molar-refractivity contribution >= 4 is 17.4 Å². The van der Waals surface area contributed by atoms with Crippen LogP contribution in [0.4, 0.5) is 5.82 Å². The summed E-state index contributed by atoms with van der Waals surface area (Å²) < 4.78 is 1.66. The lowest BCUT2D eigenvalue weighted by Crippen LogP contribution is -2.24. The van der Waals surface area contributed by atoms with Crippen molar-refractivity contribution < 1.29 is 0 Å². The van der Waals surface area contributed by atoms with Gasteiger partial charge in [0.1, 0.15) is 0 Å². The highest BCUT2D eigenvalue weighted by molar-refractivity contribution is 6.30. The number of anilines is 1. The van der Waals surface area contributed by atoms with Crippen molar-refractivity contribution in [1.82, 2.24) is 9.55 Å². The smallest absolute Gasteiger partial charge is 0.293 e. The van der Waals surface area contributed by atoms with E-state index in [1.165, 1.54) is 0 Å². The Labute approximate surface area is 117 Å². The molecule has 0 saturated carbocycles. The lowest BCUT2D eigenvalue weighted by molar-refractivity contribution is 0.649. The molecule has 0 aliphatic rings. The standard InChI is InChI=1S/C14H16ClN3O/c1-2-8-18-9-7-16-13(14(18)19)17-10-11-3-5-12(15)6-4-11/h3-7,9H,2,8,10H2,1H3,(H,16,17). The van der Waals surface area contributed by atoms with Gasteiger partial charge >= 0.3 is 0 Å². The van der Waals surface area contributed by atoms with Crippen molar-refractivity contribution in [2.24, 2.45) is 0 Å². The van der Waals surface area contributed by atoms with Crippen LogP contribution < -0.4 is 10.9 Å². The zero-order valence-electron chi connectivity index (χ0n) is 10.8. The average molecular weight is 278 g/mol. The van der Waals surface area contributed by atoms with Crippen LogP contribution in [-0.2, 0) is 13.1 Å². The first-order valence-electron chi connectivity index (χ1n) is 6.24. The van der Waals surface area contributed by atoms with Gasteiger partial charge in [0.05, 0.1) is 0 Å². The van der Waals surface area contributed by atoms with Gasteiger partial charge in [0.15, 0.2) is 5.82 Å². The predicted molar refractivity (Wildman–Crippen MR) is 77.6 cm³/mol. The first kappa shape index (κ1) is 13.6. The lowest BCUT2D eigenvalue weighted by Gasteiger charge is -2.08. The summed E-state index contributed by atoms with van der Waals surface area (Å²) in [5.74, 6) is 0.380. The largest absolute Gasteiger partial charge is 0.361 e. The monoisotopic (exact) mass is 277 g/mol. The molecule has 0 radical (unpaired) electrons. The van der Waals surface area contributed by atoms with Crippen molar-refractivity contribution in [1.29, 1.82) is 0 Å². The van der Waals surface area contributed by atoms with E-state index < -0.39 is 0 Å². The molecule has 0 saturated heterocycles. The molecule has 0 aliphatic heterocycles. The summed E-state index contributed by atoms with van der Waals surface area (Å²) in [6.45, 7) is 3.29. The first-order chi connectivity index (χ1) is 9.20. The molecule has 5 heteroatoms. The molecule has 4 nitrogen and oxygen atoms in total. The van der Waals surface area contributed by atoms with E-state index in [1.54, 1.807) is 17.0 Å². The summed E-state index contributed by atoms with van der Waals surface area (Å²) in [6.07, 6.45) is 4.26. The fourth-order valence-electron chi connectivity index (χ4n) is 1.77. The van der Waals surface area contributed by atoms with E-state index in [9.17, 15) is 4.79 Å². The molecule has 1 aromatic carbocycles. The molecule has 0 aliphatic carbocycles. The maximum atomic E-state index is 12.1. The molecule has 1 N–H and O–H groups in total. The number of nitrogens with zero attached hydrogens (tertiary/aromatic N) is 2. The van der Waals surface area contributed by atoms with Gasteiger partial charge in [0.2, 0.25) is 0 Å². The number of hydrogen-bond acceptors (Lipinski definition) is 3. The number of benzene rings is 1. The summed E-state index contributed by atoms with van der Waals surface area (Å²) in [7, 11) is 0. The summed E-state index contributed by atoms with van der Waals surface area (Å²) in [4.78, 5) is 16.1. The van der Waals surface area contributed by atoms with Gasteiger partial charge in [0.25, 0.3) is 5.56 Å². The van der Waals surface area contributed by atoms with Gasteiger partial charge in [-0.15, -0.1) is 0 Å². The molecule has 1 aromatic heterocycles. The van der Waals surface area contributed by atoms with Gasteiger partial charge in [-0.3, -0.25) is 4.79 Å². The Morgan fingerprint density at radius 1 is 1.32 bits per heavy atom. The Kier molecular flexibility index (Phi) is 4.58. The second kappa shape index (κ2) is 6.38. The highest BCUT2D eigenvalue weighted by atomic mass is 35.5. The van der Waals surface area contributed by atoms with Crippen molar-refractivity contribution in [3.05, 3.63) is 57.6 Å². The summed E-state index contributed by atoms with van der Waals surface area (Å²) in [6, 6.07) is 7.49. The maximum absolute atomic E-state index is 12.1. The molecule has 2 aromatic rings. The third-order valence-corrected chi connectivity index (χ3v) is 3.00. The van der Waals surface area contributed by atoms with Gasteiger partial charge in [-0.1, -0.05) is 30.7 Å². The number of aryl methyl sites for hydroxylation is 1. The maximum Gasteiger partial charge on any atom is 0.293 e. The van der Waals surface area contributed by atoms with Crippen LogP contribution in [0, 0.1) is 0 Å². The molecule has 0 spiro atoms. The molecule has 0 unspecified atom stereocenters. The number of nitrogens with one attached hydrogen (secondary N) is 1. The molecule has 0 amide bonds. The quantitative estimate of drug-likeness (QED) is 0.914. The van der Waals surface area contributed by atoms with Crippen LogP contribution in [0.3, 0.4) is 0 Å². The number of hydrogen-bond donors (Lipinski definition) is 1. The first-order valence-corrected chi connectivity index (χ1v) is 6.62. The zero-order chi connectivity index (χ0) is 13.7. The minimum absolute atomic E-state index is 0.0849. The van der Waals surface area contributed by atoms with Gasteiger partial charge in [-0.2, -0.15) is 0 Å². The van der Waals surface area contributed by atoms with E-state index in [2.05, 4.69) is 10.3 Å². The highest BCUT2D eigenvalue weighted by Crippen LogP contribution is 2.10. The van der Waals surface area contributed by atoms with Crippen LogP contribution in [0.25, 0.3) is 0 Å². The molecule has 100 valence electrons. The van der Waals surface area contributed by atoms with Crippen molar-refractivity contribution in [3.8, 4) is 0 Å². The Balaban J connectivity index is 2.09. The highest BCUT2D eigenvalue weighted by Gasteiger charge is 2.03. The molecular weight excluding hydrogens is 262 g/mol. The molecule has 19 heavy (non-hydrogen) atoms. The van der Waals surface area contributed by atoms with E-state index in [0.29, 0.717) is 23.9 Å². The SMILES string of the molecule is CCCn1ccnc(NCc2ccc(Cl)cc2)c1=O. The number of halogens is 1. The van der Waals surface area contributed by atoms with E-state index in [0.717, 1.165) is 12.0 Å². The van der Waals surface area contributed by atoms with Crippen LogP contribution in [0.2, 0.25) is 5.02 Å². The summed E-state index contributed by atoms with van der Waals surface area (Å²) >= 11 is 5.82. The third-order valence-electron chi connectivity index (χ3n) is 2.75. The summed E-state index contributed by atoms with van der Waals surface area (Å²) in [5.41, 5.74) is 0.967. The van der Waals surface area contributed by atoms with Gasteiger partial charge in [-0.05, 0) is 24.1 Å². The van der Waals surface area contributed by atoms with Crippen LogP contribution in [0.5, 0.6) is 0 Å². The Hall–Kier alpha value is -1.81. The number of rotatable bonds is 5. The molecule has 2 rings (SSSR count). The van der Waals surface area contributed by atoms with Crippen LogP contribution in [0.1, 0.15) is 18.9 Å². The minimum Gasteiger partial charge on any atom is -0.361 e. The normalized spacial score (nSPS) is 10.4. The molecule has 0 atom stereocenters. The van der Waals surface area contributed by atoms with Crippen LogP contribution in [-0.4, -0.2) is 9.55 Å². The fraction of sp³-hybridized carbons (Fsp3) is 0.286. The minimum atomic E-state index is -0.0849. The van der Waals surface area contributed by atoms with Crippen molar-refractivity contribution in [3.63, 3.8) is 0 Å². The lowest BCUT2D eigenvalue weighted by atomic mass is 10.2. The average Bonchev–Trinajstić information content (AvgIpc) is 2.42.